The Morgan fingerprint density at radius 2 is 1.09 bits per heavy atom. The average molecular weight is 748 g/mol. The van der Waals surface area contributed by atoms with E-state index in [-0.39, 0.29) is 0 Å². The van der Waals surface area contributed by atoms with Crippen LogP contribution >= 0.6 is 11.3 Å². The van der Waals surface area contributed by atoms with Crippen molar-refractivity contribution in [2.75, 3.05) is 4.90 Å². The van der Waals surface area contributed by atoms with Gasteiger partial charge in [0.1, 0.15) is 11.2 Å². The molecule has 270 valence electrons. The lowest BCUT2D eigenvalue weighted by atomic mass is 9.91. The molecule has 2 heterocycles. The predicted molar refractivity (Wildman–Crippen MR) is 243 cm³/mol. The second-order valence-electron chi connectivity index (χ2n) is 14.8. The number of benzene rings is 8. The Hall–Kier alpha value is -6.94. The maximum Gasteiger partial charge on any atom is 0.143 e. The van der Waals surface area contributed by atoms with Gasteiger partial charge in [0.15, 0.2) is 0 Å². The molecule has 2 aromatic heterocycles. The van der Waals surface area contributed by atoms with Gasteiger partial charge in [0.25, 0.3) is 0 Å². The quantitative estimate of drug-likeness (QED) is 0.161. The van der Waals surface area contributed by atoms with E-state index in [2.05, 4.69) is 205 Å². The summed E-state index contributed by atoms with van der Waals surface area (Å²) >= 11 is 1.86. The van der Waals surface area contributed by atoms with Crippen molar-refractivity contribution in [2.24, 2.45) is 0 Å². The molecule has 0 saturated heterocycles. The van der Waals surface area contributed by atoms with Gasteiger partial charge in [-0.15, -0.1) is 11.3 Å². The number of hydrogen-bond donors (Lipinski definition) is 0. The minimum atomic E-state index is 0.363. The van der Waals surface area contributed by atoms with Crippen LogP contribution in [0.15, 0.2) is 216 Å². The van der Waals surface area contributed by atoms with Crippen LogP contribution in [0, 0.1) is 0 Å². The minimum Gasteiger partial charge on any atom is -0.455 e. The standard InChI is InChI=1S/C54H37NOS/c1-3-10-36(11-4-1)37-18-26-43(27-19-37)55(45-30-22-39(23-31-45)42-25-33-53-50(35-42)47-14-7-8-17-52(47)57-53)44-28-20-38(21-29-44)41-24-32-51-49(34-41)48-16-9-15-46(54(48)56-51)40-12-5-2-6-13-40/h1-18,20-35,37H,19H2. The zero-order chi connectivity index (χ0) is 37.7. The lowest BCUT2D eigenvalue weighted by Crippen LogP contribution is -2.17. The van der Waals surface area contributed by atoms with E-state index < -0.39 is 0 Å². The smallest absolute Gasteiger partial charge is 0.143 e. The fourth-order valence-electron chi connectivity index (χ4n) is 8.50. The van der Waals surface area contributed by atoms with Gasteiger partial charge in [-0.1, -0.05) is 146 Å². The number of nitrogens with zero attached hydrogens (tertiary/aromatic N) is 1. The lowest BCUT2D eigenvalue weighted by molar-refractivity contribution is 0.670. The van der Waals surface area contributed by atoms with Crippen LogP contribution < -0.4 is 4.90 Å². The molecule has 0 N–H and O–H groups in total. The fraction of sp³-hybridized carbons (Fsp3) is 0.0370. The fourth-order valence-corrected chi connectivity index (χ4v) is 9.59. The van der Waals surface area contributed by atoms with Crippen molar-refractivity contribution in [3.05, 3.63) is 218 Å². The van der Waals surface area contributed by atoms with E-state index in [1.54, 1.807) is 0 Å². The van der Waals surface area contributed by atoms with Crippen LogP contribution in [0.3, 0.4) is 0 Å². The van der Waals surface area contributed by atoms with E-state index in [4.69, 9.17) is 4.42 Å². The number of fused-ring (bicyclic) bond motifs is 6. The Labute approximate surface area is 335 Å². The molecule has 11 rings (SSSR count). The summed E-state index contributed by atoms with van der Waals surface area (Å²) in [4.78, 5) is 2.39. The highest BCUT2D eigenvalue weighted by atomic mass is 32.1. The number of allylic oxidation sites excluding steroid dienone is 3. The van der Waals surface area contributed by atoms with Crippen molar-refractivity contribution >= 4 is 64.8 Å². The highest BCUT2D eigenvalue weighted by molar-refractivity contribution is 7.25. The maximum atomic E-state index is 6.48. The van der Waals surface area contributed by atoms with Crippen molar-refractivity contribution in [3.63, 3.8) is 0 Å². The summed E-state index contributed by atoms with van der Waals surface area (Å²) in [6.45, 7) is 0. The number of thiophene rings is 1. The Morgan fingerprint density at radius 3 is 1.81 bits per heavy atom. The molecule has 2 nitrogen and oxygen atoms in total. The molecule has 1 unspecified atom stereocenters. The molecule has 0 spiro atoms. The molecule has 0 aliphatic heterocycles. The molecule has 0 radical (unpaired) electrons. The Balaban J connectivity index is 0.942. The van der Waals surface area contributed by atoms with Gasteiger partial charge < -0.3 is 9.32 Å². The zero-order valence-electron chi connectivity index (χ0n) is 31.2. The van der Waals surface area contributed by atoms with Crippen LogP contribution in [0.1, 0.15) is 17.9 Å². The molecular formula is C54H37NOS. The molecule has 0 saturated carbocycles. The summed E-state index contributed by atoms with van der Waals surface area (Å²) in [5.41, 5.74) is 13.6. The van der Waals surface area contributed by atoms with Crippen LogP contribution in [0.2, 0.25) is 0 Å². The van der Waals surface area contributed by atoms with Gasteiger partial charge in [-0.05, 0) is 100 Å². The average Bonchev–Trinajstić information content (AvgIpc) is 3.86. The first kappa shape index (κ1) is 33.4. The summed E-state index contributed by atoms with van der Waals surface area (Å²) in [5.74, 6) is 0.363. The first-order chi connectivity index (χ1) is 28.2. The van der Waals surface area contributed by atoms with Crippen molar-refractivity contribution < 1.29 is 4.42 Å². The Kier molecular flexibility index (Phi) is 8.19. The minimum absolute atomic E-state index is 0.363. The molecule has 57 heavy (non-hydrogen) atoms. The van der Waals surface area contributed by atoms with E-state index in [0.29, 0.717) is 5.92 Å². The molecule has 10 aromatic rings. The first-order valence-electron chi connectivity index (χ1n) is 19.6. The molecule has 8 aromatic carbocycles. The highest BCUT2D eigenvalue weighted by Gasteiger charge is 2.19. The van der Waals surface area contributed by atoms with Gasteiger partial charge in [-0.2, -0.15) is 0 Å². The Morgan fingerprint density at radius 1 is 0.474 bits per heavy atom. The summed E-state index contributed by atoms with van der Waals surface area (Å²) in [6.07, 6.45) is 7.98. The number of anilines is 2. The van der Waals surface area contributed by atoms with E-state index in [0.717, 1.165) is 62.0 Å². The molecule has 0 bridgehead atoms. The molecule has 3 heteroatoms. The summed E-state index contributed by atoms with van der Waals surface area (Å²) < 4.78 is 9.14. The monoisotopic (exact) mass is 747 g/mol. The second kappa shape index (κ2) is 14.0. The summed E-state index contributed by atoms with van der Waals surface area (Å²) in [6, 6.07) is 67.9. The summed E-state index contributed by atoms with van der Waals surface area (Å²) in [5, 5.41) is 4.91. The predicted octanol–water partition coefficient (Wildman–Crippen LogP) is 15.7. The summed E-state index contributed by atoms with van der Waals surface area (Å²) in [7, 11) is 0. The van der Waals surface area contributed by atoms with Gasteiger partial charge in [0, 0.05) is 59.5 Å². The van der Waals surface area contributed by atoms with Crippen molar-refractivity contribution in [1.29, 1.82) is 0 Å². The highest BCUT2D eigenvalue weighted by Crippen LogP contribution is 2.41. The number of hydrogen-bond acceptors (Lipinski definition) is 3. The number of rotatable bonds is 7. The molecule has 0 amide bonds. The van der Waals surface area contributed by atoms with Crippen LogP contribution in [0.25, 0.3) is 75.5 Å². The molecule has 1 aliphatic rings. The Bertz CT molecular complexity index is 3130. The molecule has 1 atom stereocenters. The third-order valence-electron chi connectivity index (χ3n) is 11.4. The topological polar surface area (TPSA) is 16.4 Å². The van der Waals surface area contributed by atoms with Crippen molar-refractivity contribution in [2.45, 2.75) is 12.3 Å². The normalized spacial score (nSPS) is 14.1. The number of para-hydroxylation sites is 1. The van der Waals surface area contributed by atoms with E-state index in [1.165, 1.54) is 42.6 Å². The van der Waals surface area contributed by atoms with E-state index in [1.807, 2.05) is 17.4 Å². The van der Waals surface area contributed by atoms with Crippen molar-refractivity contribution in [1.82, 2.24) is 0 Å². The third-order valence-corrected chi connectivity index (χ3v) is 12.6. The largest absolute Gasteiger partial charge is 0.455 e. The lowest BCUT2D eigenvalue weighted by Gasteiger charge is -2.29. The number of furan rings is 1. The van der Waals surface area contributed by atoms with E-state index in [9.17, 15) is 0 Å². The van der Waals surface area contributed by atoms with Crippen molar-refractivity contribution in [3.8, 4) is 33.4 Å². The van der Waals surface area contributed by atoms with Gasteiger partial charge in [0.05, 0.1) is 0 Å². The van der Waals surface area contributed by atoms with Crippen LogP contribution in [0.5, 0.6) is 0 Å². The molecule has 1 aliphatic carbocycles. The zero-order valence-corrected chi connectivity index (χ0v) is 32.0. The van der Waals surface area contributed by atoms with Gasteiger partial charge in [0.2, 0.25) is 0 Å². The van der Waals surface area contributed by atoms with Gasteiger partial charge in [-0.3, -0.25) is 0 Å². The second-order valence-corrected chi connectivity index (χ2v) is 15.9. The SMILES string of the molecule is C1=CC(c2ccccc2)CC=C1N(c1ccc(-c2ccc3oc4c(-c5ccccc5)cccc4c3c2)cc1)c1ccc(-c2ccc3sc4ccccc4c3c2)cc1. The van der Waals surface area contributed by atoms with Gasteiger partial charge >= 0.3 is 0 Å². The van der Waals surface area contributed by atoms with Crippen LogP contribution in [-0.2, 0) is 0 Å². The first-order valence-corrected chi connectivity index (χ1v) is 20.4. The van der Waals surface area contributed by atoms with Crippen LogP contribution in [0.4, 0.5) is 11.4 Å². The van der Waals surface area contributed by atoms with Gasteiger partial charge in [-0.25, -0.2) is 0 Å². The van der Waals surface area contributed by atoms with Crippen LogP contribution in [-0.4, -0.2) is 0 Å². The maximum absolute atomic E-state index is 6.48. The molecule has 0 fully saturated rings. The molecular weight excluding hydrogens is 711 g/mol. The van der Waals surface area contributed by atoms with E-state index >= 15 is 0 Å². The third kappa shape index (κ3) is 6.05.